The first-order valence-corrected chi connectivity index (χ1v) is 8.87. The summed E-state index contributed by atoms with van der Waals surface area (Å²) in [6.07, 6.45) is 0.0976. The molecule has 0 fully saturated rings. The Bertz CT molecular complexity index is 912. The van der Waals surface area contributed by atoms with Crippen molar-refractivity contribution in [2.45, 2.75) is 19.1 Å². The number of nitro groups is 1. The molecule has 0 aliphatic heterocycles. The number of carbonyl (C=O) groups excluding carboxylic acids is 1. The maximum absolute atomic E-state index is 12.3. The minimum Gasteiger partial charge on any atom is -0.445 e. The first-order chi connectivity index (χ1) is 13.6. The third kappa shape index (κ3) is 5.41. The average Bonchev–Trinajstić information content (AvgIpc) is 2.73. The van der Waals surface area contributed by atoms with Gasteiger partial charge in [0.25, 0.3) is 5.69 Å². The average molecular weight is 376 g/mol. The molecule has 0 radical (unpaired) electrons. The van der Waals surface area contributed by atoms with Gasteiger partial charge in [0.1, 0.15) is 6.61 Å². The summed E-state index contributed by atoms with van der Waals surface area (Å²) in [5.41, 5.74) is 2.77. The normalized spacial score (nSPS) is 11.4. The van der Waals surface area contributed by atoms with Crippen molar-refractivity contribution in [3.8, 4) is 0 Å². The number of amides is 1. The number of benzene rings is 3. The van der Waals surface area contributed by atoms with Gasteiger partial charge in [0.15, 0.2) is 0 Å². The molecule has 3 aromatic rings. The molecule has 1 atom stereocenters. The van der Waals surface area contributed by atoms with Crippen LogP contribution < -0.4 is 5.32 Å². The SMILES string of the molecule is O=C(N[C@@H](Cc1ccccc1)c1ccccc1)OCc1ccc([N+](=O)[O-])cc1. The monoisotopic (exact) mass is 376 g/mol. The summed E-state index contributed by atoms with van der Waals surface area (Å²) in [4.78, 5) is 22.6. The van der Waals surface area contributed by atoms with Crippen molar-refractivity contribution in [1.82, 2.24) is 5.32 Å². The van der Waals surface area contributed by atoms with E-state index in [1.807, 2.05) is 60.7 Å². The van der Waals surface area contributed by atoms with Crippen molar-refractivity contribution in [2.75, 3.05) is 0 Å². The Labute approximate surface area is 162 Å². The predicted molar refractivity (Wildman–Crippen MR) is 106 cm³/mol. The fourth-order valence-corrected chi connectivity index (χ4v) is 2.83. The number of ether oxygens (including phenoxy) is 1. The Morgan fingerprint density at radius 2 is 1.50 bits per heavy atom. The van der Waals surface area contributed by atoms with Crippen LogP contribution in [0.1, 0.15) is 22.7 Å². The molecule has 0 saturated heterocycles. The Morgan fingerprint density at radius 1 is 0.893 bits per heavy atom. The molecule has 0 unspecified atom stereocenters. The minimum atomic E-state index is -0.539. The van der Waals surface area contributed by atoms with Crippen molar-refractivity contribution in [1.29, 1.82) is 0 Å². The standard InChI is InChI=1S/C22H20N2O4/c25-22(28-16-18-11-13-20(14-12-18)24(26)27)23-21(19-9-5-2-6-10-19)15-17-7-3-1-4-8-17/h1-14,21H,15-16H2,(H,23,25)/t21-/m0/s1. The van der Waals surface area contributed by atoms with Crippen LogP contribution in [0.4, 0.5) is 10.5 Å². The van der Waals surface area contributed by atoms with Crippen molar-refractivity contribution in [3.05, 3.63) is 112 Å². The van der Waals surface area contributed by atoms with Gasteiger partial charge in [-0.1, -0.05) is 60.7 Å². The zero-order valence-corrected chi connectivity index (χ0v) is 15.2. The van der Waals surface area contributed by atoms with Crippen LogP contribution in [-0.2, 0) is 17.8 Å². The van der Waals surface area contributed by atoms with Crippen LogP contribution in [0.3, 0.4) is 0 Å². The summed E-state index contributed by atoms with van der Waals surface area (Å²) < 4.78 is 5.30. The highest BCUT2D eigenvalue weighted by Crippen LogP contribution is 2.19. The van der Waals surface area contributed by atoms with Gasteiger partial charge in [-0.25, -0.2) is 4.79 Å². The molecule has 0 bridgehead atoms. The van der Waals surface area contributed by atoms with Crippen LogP contribution in [0.15, 0.2) is 84.9 Å². The van der Waals surface area contributed by atoms with E-state index in [9.17, 15) is 14.9 Å². The number of nitro benzene ring substituents is 1. The van der Waals surface area contributed by atoms with Gasteiger partial charge in [-0.05, 0) is 35.2 Å². The number of alkyl carbamates (subject to hydrolysis) is 1. The molecule has 142 valence electrons. The minimum absolute atomic E-state index is 0.000189. The molecule has 1 amide bonds. The molecule has 0 aliphatic carbocycles. The van der Waals surface area contributed by atoms with Crippen molar-refractivity contribution < 1.29 is 14.5 Å². The molecule has 1 N–H and O–H groups in total. The quantitative estimate of drug-likeness (QED) is 0.474. The van der Waals surface area contributed by atoms with E-state index in [-0.39, 0.29) is 18.3 Å². The largest absolute Gasteiger partial charge is 0.445 e. The van der Waals surface area contributed by atoms with E-state index in [2.05, 4.69) is 5.32 Å². The van der Waals surface area contributed by atoms with Gasteiger partial charge in [0.05, 0.1) is 11.0 Å². The predicted octanol–water partition coefficient (Wildman–Crippen LogP) is 4.81. The van der Waals surface area contributed by atoms with Crippen LogP contribution in [-0.4, -0.2) is 11.0 Å². The molecule has 0 saturated carbocycles. The summed E-state index contributed by atoms with van der Waals surface area (Å²) >= 11 is 0. The fourth-order valence-electron chi connectivity index (χ4n) is 2.83. The summed E-state index contributed by atoms with van der Waals surface area (Å²) in [7, 11) is 0. The number of rotatable bonds is 7. The maximum atomic E-state index is 12.3. The molecule has 0 heterocycles. The van der Waals surface area contributed by atoms with Crippen molar-refractivity contribution >= 4 is 11.8 Å². The second kappa shape index (κ2) is 9.32. The first-order valence-electron chi connectivity index (χ1n) is 8.87. The lowest BCUT2D eigenvalue weighted by Gasteiger charge is -2.19. The van der Waals surface area contributed by atoms with Gasteiger partial charge >= 0.3 is 6.09 Å². The second-order valence-corrected chi connectivity index (χ2v) is 6.30. The summed E-state index contributed by atoms with van der Waals surface area (Å²) in [5, 5.41) is 13.6. The van der Waals surface area contributed by atoms with Crippen LogP contribution in [0.2, 0.25) is 0 Å². The van der Waals surface area contributed by atoms with E-state index in [0.717, 1.165) is 11.1 Å². The lowest BCUT2D eigenvalue weighted by molar-refractivity contribution is -0.384. The van der Waals surface area contributed by atoms with Crippen molar-refractivity contribution in [3.63, 3.8) is 0 Å². The third-order valence-corrected chi connectivity index (χ3v) is 4.29. The molecule has 0 aromatic heterocycles. The van der Waals surface area contributed by atoms with Gasteiger partial charge in [-0.2, -0.15) is 0 Å². The van der Waals surface area contributed by atoms with Crippen molar-refractivity contribution in [2.24, 2.45) is 0 Å². The van der Waals surface area contributed by atoms with E-state index in [4.69, 9.17) is 4.74 Å². The summed E-state index contributed by atoms with van der Waals surface area (Å²) in [5.74, 6) is 0. The van der Waals surface area contributed by atoms with Crippen LogP contribution in [0.5, 0.6) is 0 Å². The zero-order chi connectivity index (χ0) is 19.8. The molecule has 6 heteroatoms. The Balaban J connectivity index is 1.63. The number of nitrogens with one attached hydrogen (secondary N) is 1. The van der Waals surface area contributed by atoms with E-state index < -0.39 is 11.0 Å². The van der Waals surface area contributed by atoms with Crippen LogP contribution >= 0.6 is 0 Å². The fraction of sp³-hybridized carbons (Fsp3) is 0.136. The highest BCUT2D eigenvalue weighted by atomic mass is 16.6. The molecule has 28 heavy (non-hydrogen) atoms. The van der Waals surface area contributed by atoms with Gasteiger partial charge in [-0.3, -0.25) is 10.1 Å². The number of carbonyl (C=O) groups is 1. The summed E-state index contributed by atoms with van der Waals surface area (Å²) in [6, 6.07) is 25.3. The number of hydrogen-bond acceptors (Lipinski definition) is 4. The molecule has 3 rings (SSSR count). The third-order valence-electron chi connectivity index (χ3n) is 4.29. The van der Waals surface area contributed by atoms with E-state index >= 15 is 0 Å². The number of nitrogens with zero attached hydrogens (tertiary/aromatic N) is 1. The number of non-ortho nitro benzene ring substituents is 1. The van der Waals surface area contributed by atoms with Gasteiger partial charge in [-0.15, -0.1) is 0 Å². The Morgan fingerprint density at radius 3 is 2.11 bits per heavy atom. The lowest BCUT2D eigenvalue weighted by atomic mass is 9.99. The maximum Gasteiger partial charge on any atom is 0.407 e. The van der Waals surface area contributed by atoms with Crippen LogP contribution in [0.25, 0.3) is 0 Å². The highest BCUT2D eigenvalue weighted by molar-refractivity contribution is 5.68. The van der Waals surface area contributed by atoms with Gasteiger partial charge in [0.2, 0.25) is 0 Å². The molecular weight excluding hydrogens is 356 g/mol. The van der Waals surface area contributed by atoms with E-state index in [1.165, 1.54) is 12.1 Å². The smallest absolute Gasteiger partial charge is 0.407 e. The lowest BCUT2D eigenvalue weighted by Crippen LogP contribution is -2.30. The molecule has 6 nitrogen and oxygen atoms in total. The topological polar surface area (TPSA) is 81.5 Å². The molecule has 3 aromatic carbocycles. The Kier molecular flexibility index (Phi) is 6.36. The highest BCUT2D eigenvalue weighted by Gasteiger charge is 2.16. The molecular formula is C22H20N2O4. The Hall–Kier alpha value is -3.67. The van der Waals surface area contributed by atoms with Gasteiger partial charge in [0, 0.05) is 12.1 Å². The first kappa shape index (κ1) is 19.1. The van der Waals surface area contributed by atoms with Gasteiger partial charge < -0.3 is 10.1 Å². The number of hydrogen-bond donors (Lipinski definition) is 1. The second-order valence-electron chi connectivity index (χ2n) is 6.30. The van der Waals surface area contributed by atoms with Crippen LogP contribution in [0, 0.1) is 10.1 Å². The van der Waals surface area contributed by atoms with E-state index in [1.54, 1.807) is 12.1 Å². The zero-order valence-electron chi connectivity index (χ0n) is 15.2. The molecule has 0 spiro atoms. The molecule has 0 aliphatic rings. The van der Waals surface area contributed by atoms with E-state index in [0.29, 0.717) is 12.0 Å². The summed E-state index contributed by atoms with van der Waals surface area (Å²) in [6.45, 7) is 0.0384.